The number of benzene rings is 2. The maximum Gasteiger partial charge on any atom is 0.220 e. The smallest absolute Gasteiger partial charge is 0.220 e. The van der Waals surface area contributed by atoms with Crippen molar-refractivity contribution in [2.75, 3.05) is 20.3 Å². The number of carbonyl (C=O) groups is 1. The lowest BCUT2D eigenvalue weighted by molar-refractivity contribution is -0.121. The molecular weight excluding hydrogens is 290 g/mol. The first-order valence-corrected chi connectivity index (χ1v) is 7.86. The van der Waals surface area contributed by atoms with Crippen molar-refractivity contribution in [1.29, 1.82) is 0 Å². The van der Waals surface area contributed by atoms with Crippen LogP contribution in [0.5, 0.6) is 11.5 Å². The van der Waals surface area contributed by atoms with Crippen LogP contribution in [0.15, 0.2) is 54.6 Å². The summed E-state index contributed by atoms with van der Waals surface area (Å²) in [6, 6.07) is 17.6. The summed E-state index contributed by atoms with van der Waals surface area (Å²) in [5.41, 5.74) is 1.23. The zero-order valence-corrected chi connectivity index (χ0v) is 13.5. The average molecular weight is 313 g/mol. The Morgan fingerprint density at radius 2 is 1.70 bits per heavy atom. The molecule has 23 heavy (non-hydrogen) atoms. The van der Waals surface area contributed by atoms with Gasteiger partial charge in [-0.3, -0.25) is 4.79 Å². The van der Waals surface area contributed by atoms with E-state index in [1.165, 1.54) is 5.56 Å². The predicted molar refractivity (Wildman–Crippen MR) is 90.9 cm³/mol. The van der Waals surface area contributed by atoms with Crippen LogP contribution in [0, 0.1) is 0 Å². The summed E-state index contributed by atoms with van der Waals surface area (Å²) in [6.45, 7) is 1.16. The predicted octanol–water partition coefficient (Wildman–Crippen LogP) is 3.21. The van der Waals surface area contributed by atoms with Crippen molar-refractivity contribution in [3.8, 4) is 11.5 Å². The number of methoxy groups -OCH3 is 1. The van der Waals surface area contributed by atoms with Crippen LogP contribution in [0.1, 0.15) is 18.4 Å². The average Bonchev–Trinajstić information content (AvgIpc) is 2.60. The summed E-state index contributed by atoms with van der Waals surface area (Å²) in [5.74, 6) is 1.48. The van der Waals surface area contributed by atoms with E-state index in [2.05, 4.69) is 17.4 Å². The van der Waals surface area contributed by atoms with Crippen LogP contribution in [0.2, 0.25) is 0 Å². The summed E-state index contributed by atoms with van der Waals surface area (Å²) in [7, 11) is 1.61. The zero-order chi connectivity index (χ0) is 16.3. The second-order valence-electron chi connectivity index (χ2n) is 5.19. The number of hydrogen-bond donors (Lipinski definition) is 1. The van der Waals surface area contributed by atoms with Crippen LogP contribution in [0.4, 0.5) is 0 Å². The normalized spacial score (nSPS) is 10.1. The molecule has 0 radical (unpaired) electrons. The van der Waals surface area contributed by atoms with Crippen LogP contribution < -0.4 is 14.8 Å². The van der Waals surface area contributed by atoms with Crippen molar-refractivity contribution in [1.82, 2.24) is 5.32 Å². The third-order valence-electron chi connectivity index (χ3n) is 3.45. The van der Waals surface area contributed by atoms with Gasteiger partial charge < -0.3 is 14.8 Å². The lowest BCUT2D eigenvalue weighted by Crippen LogP contribution is -2.25. The molecule has 2 aromatic rings. The van der Waals surface area contributed by atoms with Gasteiger partial charge in [0.25, 0.3) is 0 Å². The molecule has 0 heterocycles. The van der Waals surface area contributed by atoms with E-state index >= 15 is 0 Å². The highest BCUT2D eigenvalue weighted by Crippen LogP contribution is 2.25. The first kappa shape index (κ1) is 16.9. The van der Waals surface area contributed by atoms with E-state index in [9.17, 15) is 4.79 Å². The van der Waals surface area contributed by atoms with Crippen molar-refractivity contribution in [2.24, 2.45) is 0 Å². The Morgan fingerprint density at radius 1 is 1.00 bits per heavy atom. The summed E-state index contributed by atoms with van der Waals surface area (Å²) in [5, 5.41) is 2.93. The number of amides is 1. The Bertz CT molecular complexity index is 599. The van der Waals surface area contributed by atoms with Crippen LogP contribution in [-0.2, 0) is 11.2 Å². The lowest BCUT2D eigenvalue weighted by Gasteiger charge is -2.10. The zero-order valence-electron chi connectivity index (χ0n) is 13.5. The molecular formula is C19H23NO3. The minimum absolute atomic E-state index is 0.0598. The Kier molecular flexibility index (Phi) is 6.98. The summed E-state index contributed by atoms with van der Waals surface area (Å²) < 4.78 is 10.9. The molecule has 0 fully saturated rings. The topological polar surface area (TPSA) is 47.6 Å². The molecule has 2 aromatic carbocycles. The van der Waals surface area contributed by atoms with Gasteiger partial charge in [-0.15, -0.1) is 0 Å². The Morgan fingerprint density at radius 3 is 2.43 bits per heavy atom. The van der Waals surface area contributed by atoms with Crippen molar-refractivity contribution < 1.29 is 14.3 Å². The van der Waals surface area contributed by atoms with Gasteiger partial charge in [-0.1, -0.05) is 42.5 Å². The van der Waals surface area contributed by atoms with E-state index in [0.29, 0.717) is 37.5 Å². The van der Waals surface area contributed by atoms with Gasteiger partial charge in [-0.05, 0) is 30.5 Å². The first-order valence-electron chi connectivity index (χ1n) is 7.86. The van der Waals surface area contributed by atoms with Crippen molar-refractivity contribution >= 4 is 5.91 Å². The van der Waals surface area contributed by atoms with Crippen molar-refractivity contribution in [2.45, 2.75) is 19.3 Å². The lowest BCUT2D eigenvalue weighted by atomic mass is 10.1. The molecule has 0 saturated heterocycles. The molecule has 0 bridgehead atoms. The Hall–Kier alpha value is -2.49. The maximum absolute atomic E-state index is 11.8. The monoisotopic (exact) mass is 313 g/mol. The number of carbonyl (C=O) groups excluding carboxylic acids is 1. The largest absolute Gasteiger partial charge is 0.493 e. The number of ether oxygens (including phenoxy) is 2. The molecule has 122 valence electrons. The van der Waals surface area contributed by atoms with Crippen LogP contribution >= 0.6 is 0 Å². The quantitative estimate of drug-likeness (QED) is 0.723. The fourth-order valence-corrected chi connectivity index (χ4v) is 2.23. The number of para-hydroxylation sites is 2. The Labute approximate surface area is 137 Å². The van der Waals surface area contributed by atoms with E-state index in [1.807, 2.05) is 42.5 Å². The van der Waals surface area contributed by atoms with Crippen LogP contribution in [0.25, 0.3) is 0 Å². The third kappa shape index (κ3) is 6.02. The van der Waals surface area contributed by atoms with E-state index in [1.54, 1.807) is 7.11 Å². The molecule has 0 saturated carbocycles. The number of nitrogens with one attached hydrogen (secondary N) is 1. The van der Waals surface area contributed by atoms with Gasteiger partial charge in [-0.2, -0.15) is 0 Å². The molecule has 0 aromatic heterocycles. The SMILES string of the molecule is COc1ccccc1OCCCC(=O)NCCc1ccccc1. The van der Waals surface area contributed by atoms with E-state index in [-0.39, 0.29) is 5.91 Å². The molecule has 0 atom stereocenters. The summed E-state index contributed by atoms with van der Waals surface area (Å²) >= 11 is 0. The van der Waals surface area contributed by atoms with Crippen LogP contribution in [0.3, 0.4) is 0 Å². The van der Waals surface area contributed by atoms with Crippen LogP contribution in [-0.4, -0.2) is 26.2 Å². The molecule has 2 rings (SSSR count). The highest BCUT2D eigenvalue weighted by atomic mass is 16.5. The minimum Gasteiger partial charge on any atom is -0.493 e. The van der Waals surface area contributed by atoms with Crippen molar-refractivity contribution in [3.05, 3.63) is 60.2 Å². The third-order valence-corrected chi connectivity index (χ3v) is 3.45. The first-order chi connectivity index (χ1) is 11.3. The molecule has 0 unspecified atom stereocenters. The van der Waals surface area contributed by atoms with Gasteiger partial charge in [0.1, 0.15) is 0 Å². The van der Waals surface area contributed by atoms with Gasteiger partial charge in [0.2, 0.25) is 5.91 Å². The standard InChI is InChI=1S/C19H23NO3/c1-22-17-10-5-6-11-18(17)23-15-7-12-19(21)20-14-13-16-8-3-2-4-9-16/h2-6,8-11H,7,12-15H2,1H3,(H,20,21). The molecule has 0 aliphatic carbocycles. The molecule has 1 N–H and O–H groups in total. The second kappa shape index (κ2) is 9.51. The Balaban J connectivity index is 1.59. The molecule has 1 amide bonds. The highest BCUT2D eigenvalue weighted by Gasteiger charge is 2.04. The molecule has 4 nitrogen and oxygen atoms in total. The molecule has 0 spiro atoms. The maximum atomic E-state index is 11.8. The fraction of sp³-hybridized carbons (Fsp3) is 0.316. The fourth-order valence-electron chi connectivity index (χ4n) is 2.23. The number of hydrogen-bond acceptors (Lipinski definition) is 3. The van der Waals surface area contributed by atoms with Crippen molar-refractivity contribution in [3.63, 3.8) is 0 Å². The van der Waals surface area contributed by atoms with Gasteiger partial charge in [0, 0.05) is 13.0 Å². The highest BCUT2D eigenvalue weighted by molar-refractivity contribution is 5.75. The molecule has 4 heteroatoms. The summed E-state index contributed by atoms with van der Waals surface area (Å²) in [4.78, 5) is 11.8. The number of rotatable bonds is 9. The van der Waals surface area contributed by atoms with Gasteiger partial charge in [0.05, 0.1) is 13.7 Å². The van der Waals surface area contributed by atoms with Gasteiger partial charge in [0.15, 0.2) is 11.5 Å². The molecule has 0 aliphatic rings. The van der Waals surface area contributed by atoms with E-state index in [0.717, 1.165) is 6.42 Å². The van der Waals surface area contributed by atoms with E-state index in [4.69, 9.17) is 9.47 Å². The van der Waals surface area contributed by atoms with Gasteiger partial charge in [-0.25, -0.2) is 0 Å². The second-order valence-corrected chi connectivity index (χ2v) is 5.19. The minimum atomic E-state index is 0.0598. The van der Waals surface area contributed by atoms with E-state index < -0.39 is 0 Å². The molecule has 0 aliphatic heterocycles. The summed E-state index contributed by atoms with van der Waals surface area (Å²) in [6.07, 6.45) is 1.99. The van der Waals surface area contributed by atoms with Gasteiger partial charge >= 0.3 is 0 Å².